The molecule has 1 aromatic carbocycles. The number of hydrogen-bond acceptors (Lipinski definition) is 4. The van der Waals surface area contributed by atoms with E-state index in [0.29, 0.717) is 6.04 Å². The van der Waals surface area contributed by atoms with Gasteiger partial charge < -0.3 is 9.88 Å². The summed E-state index contributed by atoms with van der Waals surface area (Å²) in [6, 6.07) is 6.42. The van der Waals surface area contributed by atoms with E-state index in [0.717, 1.165) is 41.9 Å². The van der Waals surface area contributed by atoms with Crippen molar-refractivity contribution in [3.05, 3.63) is 35.7 Å². The van der Waals surface area contributed by atoms with E-state index in [1.165, 1.54) is 6.08 Å². The predicted octanol–water partition coefficient (Wildman–Crippen LogP) is 3.14. The van der Waals surface area contributed by atoms with Crippen molar-refractivity contribution in [2.75, 3.05) is 6.54 Å². The van der Waals surface area contributed by atoms with Crippen molar-refractivity contribution in [2.45, 2.75) is 53.6 Å². The van der Waals surface area contributed by atoms with E-state index in [4.69, 9.17) is 10.2 Å². The lowest BCUT2D eigenvalue weighted by molar-refractivity contribution is -0.124. The Morgan fingerprint density at radius 2 is 2.08 bits per heavy atom. The molecular weight excluding hydrogens is 328 g/mol. The Balaban J connectivity index is 2.36. The van der Waals surface area contributed by atoms with Crippen molar-refractivity contribution in [2.24, 2.45) is 5.41 Å². The van der Waals surface area contributed by atoms with Gasteiger partial charge in [-0.25, -0.2) is 10.5 Å². The Bertz CT molecular complexity index is 785. The second-order valence-corrected chi connectivity index (χ2v) is 8.08. The van der Waals surface area contributed by atoms with Crippen LogP contribution in [0.3, 0.4) is 0 Å². The first-order valence-corrected chi connectivity index (χ1v) is 9.04. The maximum atomic E-state index is 11.2. The highest BCUT2D eigenvalue weighted by Gasteiger charge is 2.18. The standard InChI is InChI=1S/C20H30N4O2/c1-14(2)21-10-11-24-17-8-6-15(7-9-19(25)23-26)12-16(17)22-18(24)13-20(3,4)5/h6-9,12,14,21,26H,10-11,13H2,1-5H3,(H,23,25). The molecule has 1 amide bonds. The lowest BCUT2D eigenvalue weighted by Crippen LogP contribution is -2.27. The molecule has 2 aromatic rings. The van der Waals surface area contributed by atoms with Gasteiger partial charge in [0.05, 0.1) is 11.0 Å². The summed E-state index contributed by atoms with van der Waals surface area (Å²) in [4.78, 5) is 16.0. The quantitative estimate of drug-likeness (QED) is 0.404. The SMILES string of the molecule is CC(C)NCCn1c(CC(C)(C)C)nc2cc(C=CC(=O)NO)ccc21. The van der Waals surface area contributed by atoms with Gasteiger partial charge >= 0.3 is 0 Å². The van der Waals surface area contributed by atoms with Gasteiger partial charge in [0.25, 0.3) is 5.91 Å². The summed E-state index contributed by atoms with van der Waals surface area (Å²) < 4.78 is 2.28. The first-order chi connectivity index (χ1) is 12.2. The Labute approximate surface area is 155 Å². The van der Waals surface area contributed by atoms with Crippen LogP contribution in [-0.2, 0) is 17.8 Å². The van der Waals surface area contributed by atoms with Crippen LogP contribution in [0.2, 0.25) is 0 Å². The van der Waals surface area contributed by atoms with Crippen molar-refractivity contribution < 1.29 is 10.0 Å². The van der Waals surface area contributed by atoms with Crippen LogP contribution in [0, 0.1) is 5.41 Å². The zero-order valence-corrected chi connectivity index (χ0v) is 16.3. The molecule has 0 radical (unpaired) electrons. The van der Waals surface area contributed by atoms with E-state index in [9.17, 15) is 4.79 Å². The second kappa shape index (κ2) is 8.47. The maximum Gasteiger partial charge on any atom is 0.267 e. The summed E-state index contributed by atoms with van der Waals surface area (Å²) in [6.07, 6.45) is 3.84. The van der Waals surface area contributed by atoms with Gasteiger partial charge in [-0.1, -0.05) is 40.7 Å². The summed E-state index contributed by atoms with van der Waals surface area (Å²) in [7, 11) is 0. The molecular formula is C20H30N4O2. The van der Waals surface area contributed by atoms with Gasteiger partial charge in [-0.05, 0) is 29.2 Å². The minimum absolute atomic E-state index is 0.145. The molecule has 0 aliphatic heterocycles. The summed E-state index contributed by atoms with van der Waals surface area (Å²) in [5, 5.41) is 12.0. The molecule has 1 heterocycles. The molecule has 0 fully saturated rings. The number of hydrogen-bond donors (Lipinski definition) is 3. The average Bonchev–Trinajstić information content (AvgIpc) is 2.87. The number of rotatable bonds is 7. The summed E-state index contributed by atoms with van der Waals surface area (Å²) in [6.45, 7) is 12.7. The number of carbonyl (C=O) groups excluding carboxylic acids is 1. The van der Waals surface area contributed by atoms with E-state index in [2.05, 4.69) is 44.5 Å². The van der Waals surface area contributed by atoms with Gasteiger partial charge in [0.1, 0.15) is 5.82 Å². The third-order valence-electron chi connectivity index (χ3n) is 3.97. The van der Waals surface area contributed by atoms with Gasteiger partial charge in [-0.15, -0.1) is 0 Å². The molecule has 0 spiro atoms. The Morgan fingerprint density at radius 3 is 2.69 bits per heavy atom. The Hall–Kier alpha value is -2.18. The molecule has 142 valence electrons. The molecule has 0 aliphatic rings. The molecule has 6 nitrogen and oxygen atoms in total. The van der Waals surface area contributed by atoms with Gasteiger partial charge in [0.15, 0.2) is 0 Å². The molecule has 6 heteroatoms. The lowest BCUT2D eigenvalue weighted by atomic mass is 9.92. The highest BCUT2D eigenvalue weighted by molar-refractivity contribution is 5.91. The Kier molecular flexibility index (Phi) is 6.56. The minimum Gasteiger partial charge on any atom is -0.327 e. The lowest BCUT2D eigenvalue weighted by Gasteiger charge is -2.19. The maximum absolute atomic E-state index is 11.2. The number of hydroxylamine groups is 1. The fourth-order valence-corrected chi connectivity index (χ4v) is 2.83. The number of imidazole rings is 1. The zero-order chi connectivity index (χ0) is 19.3. The van der Waals surface area contributed by atoms with E-state index in [1.807, 2.05) is 18.2 Å². The smallest absolute Gasteiger partial charge is 0.267 e. The van der Waals surface area contributed by atoms with Gasteiger partial charge in [0, 0.05) is 31.6 Å². The predicted molar refractivity (Wildman–Crippen MR) is 105 cm³/mol. The average molecular weight is 358 g/mol. The number of carbonyl (C=O) groups is 1. The van der Waals surface area contributed by atoms with Crippen molar-refractivity contribution >= 4 is 23.0 Å². The zero-order valence-electron chi connectivity index (χ0n) is 16.3. The van der Waals surface area contributed by atoms with Crippen LogP contribution in [0.25, 0.3) is 17.1 Å². The third kappa shape index (κ3) is 5.68. The first kappa shape index (κ1) is 20.1. The van der Waals surface area contributed by atoms with Crippen LogP contribution in [0.1, 0.15) is 46.0 Å². The van der Waals surface area contributed by atoms with Crippen LogP contribution in [0.15, 0.2) is 24.3 Å². The van der Waals surface area contributed by atoms with Crippen LogP contribution >= 0.6 is 0 Å². The highest BCUT2D eigenvalue weighted by atomic mass is 16.5. The molecule has 1 aromatic heterocycles. The Morgan fingerprint density at radius 1 is 1.35 bits per heavy atom. The van der Waals surface area contributed by atoms with Crippen LogP contribution in [0.5, 0.6) is 0 Å². The van der Waals surface area contributed by atoms with Crippen LogP contribution in [-0.4, -0.2) is 33.3 Å². The molecule has 2 rings (SSSR count). The largest absolute Gasteiger partial charge is 0.327 e. The molecule has 0 aliphatic carbocycles. The molecule has 0 saturated heterocycles. The molecule has 0 atom stereocenters. The summed E-state index contributed by atoms with van der Waals surface area (Å²) in [5.74, 6) is 0.524. The molecule has 0 bridgehead atoms. The number of fused-ring (bicyclic) bond motifs is 1. The number of aromatic nitrogens is 2. The van der Waals surface area contributed by atoms with Crippen LogP contribution < -0.4 is 10.8 Å². The topological polar surface area (TPSA) is 79.2 Å². The van der Waals surface area contributed by atoms with Crippen molar-refractivity contribution in [3.63, 3.8) is 0 Å². The molecule has 0 unspecified atom stereocenters. The third-order valence-corrected chi connectivity index (χ3v) is 3.97. The van der Waals surface area contributed by atoms with Crippen molar-refractivity contribution in [1.82, 2.24) is 20.3 Å². The number of nitrogens with zero attached hydrogens (tertiary/aromatic N) is 2. The van der Waals surface area contributed by atoms with Gasteiger partial charge in [-0.2, -0.15) is 0 Å². The number of nitrogens with one attached hydrogen (secondary N) is 2. The fraction of sp³-hybridized carbons (Fsp3) is 0.500. The minimum atomic E-state index is -0.552. The van der Waals surface area contributed by atoms with Crippen molar-refractivity contribution in [1.29, 1.82) is 0 Å². The highest BCUT2D eigenvalue weighted by Crippen LogP contribution is 2.25. The van der Waals surface area contributed by atoms with Crippen LogP contribution in [0.4, 0.5) is 0 Å². The molecule has 3 N–H and O–H groups in total. The molecule has 0 saturated carbocycles. The van der Waals surface area contributed by atoms with E-state index >= 15 is 0 Å². The molecule has 26 heavy (non-hydrogen) atoms. The second-order valence-electron chi connectivity index (χ2n) is 8.08. The summed E-state index contributed by atoms with van der Waals surface area (Å²) in [5.41, 5.74) is 4.62. The van der Waals surface area contributed by atoms with Crippen molar-refractivity contribution in [3.8, 4) is 0 Å². The fourth-order valence-electron chi connectivity index (χ4n) is 2.83. The summed E-state index contributed by atoms with van der Waals surface area (Å²) >= 11 is 0. The number of amides is 1. The monoisotopic (exact) mass is 358 g/mol. The normalized spacial score (nSPS) is 12.4. The number of benzene rings is 1. The van der Waals surface area contributed by atoms with E-state index in [-0.39, 0.29) is 5.41 Å². The first-order valence-electron chi connectivity index (χ1n) is 9.04. The van der Waals surface area contributed by atoms with E-state index < -0.39 is 5.91 Å². The van der Waals surface area contributed by atoms with Gasteiger partial charge in [-0.3, -0.25) is 10.0 Å². The van der Waals surface area contributed by atoms with E-state index in [1.54, 1.807) is 11.6 Å². The van der Waals surface area contributed by atoms with Gasteiger partial charge in [0.2, 0.25) is 0 Å².